The quantitative estimate of drug-likeness (QED) is 0.563. The zero-order valence-electron chi connectivity index (χ0n) is 16.1. The van der Waals surface area contributed by atoms with Crippen molar-refractivity contribution >= 4 is 23.4 Å². The number of likely N-dealkylation sites (N-methyl/N-ethyl adjacent to an activating group) is 1. The molecule has 3 aromatic rings. The summed E-state index contributed by atoms with van der Waals surface area (Å²) in [7, 11) is 4.01. The molecule has 0 saturated heterocycles. The van der Waals surface area contributed by atoms with Gasteiger partial charge in [-0.1, -0.05) is 30.3 Å². The number of furan rings is 1. The molecule has 1 aliphatic rings. The minimum absolute atomic E-state index is 0. The Morgan fingerprint density at radius 3 is 2.85 bits per heavy atom. The first-order chi connectivity index (χ1) is 12.8. The molecular weight excluding hydrogens is 358 g/mol. The average molecular weight is 386 g/mol. The summed E-state index contributed by atoms with van der Waals surface area (Å²) in [5, 5.41) is 1.19. The van der Waals surface area contributed by atoms with Gasteiger partial charge in [-0.3, -0.25) is 0 Å². The van der Waals surface area contributed by atoms with Crippen LogP contribution in [0.1, 0.15) is 35.4 Å². The Morgan fingerprint density at radius 1 is 1.15 bits per heavy atom. The number of benzene rings is 2. The molecule has 4 heteroatoms. The van der Waals surface area contributed by atoms with Crippen LogP contribution < -0.4 is 4.74 Å². The molecule has 0 N–H and O–H groups in total. The fraction of sp³-hybridized carbons (Fsp3) is 0.391. The molecule has 1 aliphatic carbocycles. The van der Waals surface area contributed by atoms with E-state index in [0.29, 0.717) is 5.92 Å². The van der Waals surface area contributed by atoms with E-state index in [1.807, 2.05) is 6.07 Å². The molecule has 0 saturated carbocycles. The second-order valence-electron chi connectivity index (χ2n) is 7.39. The maximum Gasteiger partial charge on any atom is 0.137 e. The molecule has 0 aliphatic heterocycles. The molecule has 4 rings (SSSR count). The number of rotatable bonds is 6. The lowest BCUT2D eigenvalue weighted by Crippen LogP contribution is -2.28. The van der Waals surface area contributed by atoms with Gasteiger partial charge in [-0.05, 0) is 67.5 Å². The van der Waals surface area contributed by atoms with Gasteiger partial charge in [-0.15, -0.1) is 12.4 Å². The first-order valence-corrected chi connectivity index (χ1v) is 9.55. The fourth-order valence-corrected chi connectivity index (χ4v) is 4.32. The Labute approximate surface area is 167 Å². The Balaban J connectivity index is 0.00000210. The smallest absolute Gasteiger partial charge is 0.137 e. The predicted octanol–water partition coefficient (Wildman–Crippen LogP) is 5.46. The molecular formula is C23H28ClNO2. The van der Waals surface area contributed by atoms with E-state index in [-0.39, 0.29) is 12.4 Å². The highest BCUT2D eigenvalue weighted by molar-refractivity contribution is 5.85. The van der Waals surface area contributed by atoms with Crippen LogP contribution in [-0.2, 0) is 12.8 Å². The van der Waals surface area contributed by atoms with E-state index in [1.165, 1.54) is 34.9 Å². The van der Waals surface area contributed by atoms with Crippen molar-refractivity contribution in [3.8, 4) is 5.75 Å². The Hall–Kier alpha value is -1.97. The second-order valence-corrected chi connectivity index (χ2v) is 7.39. The van der Waals surface area contributed by atoms with Crippen LogP contribution in [0.25, 0.3) is 11.0 Å². The van der Waals surface area contributed by atoms with E-state index in [0.717, 1.165) is 37.3 Å². The number of nitrogens with zero attached hydrogens (tertiary/aromatic N) is 1. The maximum absolute atomic E-state index is 5.67. The number of hydrogen-bond acceptors (Lipinski definition) is 3. The van der Waals surface area contributed by atoms with Crippen LogP contribution in [0.4, 0.5) is 0 Å². The average Bonchev–Trinajstić information content (AvgIpc) is 3.15. The number of hydrogen-bond donors (Lipinski definition) is 0. The number of fused-ring (bicyclic) bond motifs is 2. The maximum atomic E-state index is 5.67. The lowest BCUT2D eigenvalue weighted by atomic mass is 9.82. The van der Waals surface area contributed by atoms with E-state index in [4.69, 9.17) is 9.15 Å². The van der Waals surface area contributed by atoms with Gasteiger partial charge in [-0.2, -0.15) is 0 Å². The van der Waals surface area contributed by atoms with Crippen LogP contribution in [0.2, 0.25) is 0 Å². The number of para-hydroxylation sites is 1. The summed E-state index contributed by atoms with van der Waals surface area (Å²) in [4.78, 5) is 2.46. The number of ether oxygens (including phenoxy) is 1. The molecule has 2 aromatic carbocycles. The third kappa shape index (κ3) is 4.15. The second kappa shape index (κ2) is 8.81. The van der Waals surface area contributed by atoms with Gasteiger partial charge in [0.25, 0.3) is 0 Å². The summed E-state index contributed by atoms with van der Waals surface area (Å²) in [5.74, 6) is 1.65. The number of methoxy groups -OCH3 is 1. The summed E-state index contributed by atoms with van der Waals surface area (Å²) < 4.78 is 11.3. The van der Waals surface area contributed by atoms with Crippen LogP contribution >= 0.6 is 12.4 Å². The normalized spacial score (nSPS) is 16.2. The monoisotopic (exact) mass is 385 g/mol. The summed E-state index contributed by atoms with van der Waals surface area (Å²) >= 11 is 0. The van der Waals surface area contributed by atoms with E-state index in [9.17, 15) is 0 Å². The molecule has 0 fully saturated rings. The number of halogens is 1. The molecule has 1 heterocycles. The molecule has 3 nitrogen and oxygen atoms in total. The molecule has 0 bridgehead atoms. The lowest BCUT2D eigenvalue weighted by molar-refractivity contribution is 0.299. The highest BCUT2D eigenvalue weighted by atomic mass is 35.5. The SMILES string of the molecule is COc1cccc2c1CCC[C@H]2CN(C)CCc1cccc2ccoc12.Cl. The summed E-state index contributed by atoms with van der Waals surface area (Å²) in [6, 6.07) is 15.0. The minimum Gasteiger partial charge on any atom is -0.496 e. The molecule has 0 amide bonds. The van der Waals surface area contributed by atoms with Gasteiger partial charge in [0, 0.05) is 18.5 Å². The van der Waals surface area contributed by atoms with Crippen LogP contribution in [0.3, 0.4) is 0 Å². The van der Waals surface area contributed by atoms with E-state index < -0.39 is 0 Å². The Morgan fingerprint density at radius 2 is 2.00 bits per heavy atom. The third-order valence-corrected chi connectivity index (χ3v) is 5.66. The molecule has 0 unspecified atom stereocenters. The van der Waals surface area contributed by atoms with Gasteiger partial charge in [0.15, 0.2) is 0 Å². The van der Waals surface area contributed by atoms with E-state index >= 15 is 0 Å². The Kier molecular flexibility index (Phi) is 6.46. The topological polar surface area (TPSA) is 25.6 Å². The van der Waals surface area contributed by atoms with Crippen molar-refractivity contribution in [2.45, 2.75) is 31.6 Å². The third-order valence-electron chi connectivity index (χ3n) is 5.66. The minimum atomic E-state index is 0. The molecule has 27 heavy (non-hydrogen) atoms. The lowest BCUT2D eigenvalue weighted by Gasteiger charge is -2.30. The molecule has 144 valence electrons. The van der Waals surface area contributed by atoms with Crippen LogP contribution in [0.5, 0.6) is 5.75 Å². The van der Waals surface area contributed by atoms with Crippen molar-refractivity contribution in [3.63, 3.8) is 0 Å². The van der Waals surface area contributed by atoms with Gasteiger partial charge < -0.3 is 14.1 Å². The van der Waals surface area contributed by atoms with Crippen molar-refractivity contribution in [1.29, 1.82) is 0 Å². The van der Waals surface area contributed by atoms with Crippen molar-refractivity contribution in [2.24, 2.45) is 0 Å². The standard InChI is InChI=1S/C23H27NO2.ClH/c1-24(14-12-17-6-3-7-18-13-15-26-23(17)18)16-19-8-4-10-21-20(19)9-5-11-22(21)25-2;/h3,5-7,9,11,13,15,19H,4,8,10,12,14,16H2,1-2H3;1H/t19-;/m0./s1. The van der Waals surface area contributed by atoms with Crippen LogP contribution in [0.15, 0.2) is 53.1 Å². The van der Waals surface area contributed by atoms with Crippen molar-refractivity contribution < 1.29 is 9.15 Å². The first-order valence-electron chi connectivity index (χ1n) is 9.55. The fourth-order valence-electron chi connectivity index (χ4n) is 4.32. The molecule has 1 aromatic heterocycles. The molecule has 0 spiro atoms. The van der Waals surface area contributed by atoms with Gasteiger partial charge in [0.2, 0.25) is 0 Å². The summed E-state index contributed by atoms with van der Waals surface area (Å²) in [6.07, 6.45) is 6.44. The van der Waals surface area contributed by atoms with E-state index in [1.54, 1.807) is 13.4 Å². The van der Waals surface area contributed by atoms with Crippen molar-refractivity contribution in [1.82, 2.24) is 4.90 Å². The predicted molar refractivity (Wildman–Crippen MR) is 113 cm³/mol. The van der Waals surface area contributed by atoms with Crippen LogP contribution in [-0.4, -0.2) is 32.1 Å². The highest BCUT2D eigenvalue weighted by Gasteiger charge is 2.23. The first kappa shape index (κ1) is 19.8. The van der Waals surface area contributed by atoms with Crippen LogP contribution in [0, 0.1) is 0 Å². The van der Waals surface area contributed by atoms with Gasteiger partial charge >= 0.3 is 0 Å². The summed E-state index contributed by atoms with van der Waals surface area (Å²) in [6.45, 7) is 2.13. The Bertz CT molecular complexity index is 889. The van der Waals surface area contributed by atoms with Gasteiger partial charge in [0.05, 0.1) is 13.4 Å². The molecule has 1 atom stereocenters. The van der Waals surface area contributed by atoms with E-state index in [2.05, 4.69) is 48.3 Å². The highest BCUT2D eigenvalue weighted by Crippen LogP contribution is 2.36. The largest absolute Gasteiger partial charge is 0.496 e. The summed E-state index contributed by atoms with van der Waals surface area (Å²) in [5.41, 5.74) is 5.23. The van der Waals surface area contributed by atoms with Gasteiger partial charge in [-0.25, -0.2) is 0 Å². The van der Waals surface area contributed by atoms with Gasteiger partial charge in [0.1, 0.15) is 11.3 Å². The zero-order chi connectivity index (χ0) is 17.9. The molecule has 0 radical (unpaired) electrons. The zero-order valence-corrected chi connectivity index (χ0v) is 16.9. The van der Waals surface area contributed by atoms with Crippen molar-refractivity contribution in [2.75, 3.05) is 27.2 Å². The van der Waals surface area contributed by atoms with Crippen molar-refractivity contribution in [3.05, 3.63) is 65.4 Å².